The minimum Gasteiger partial charge on any atom is -0.495 e. The third-order valence-electron chi connectivity index (χ3n) is 5.29. The van der Waals surface area contributed by atoms with Crippen molar-refractivity contribution >= 4 is 17.4 Å². The summed E-state index contributed by atoms with van der Waals surface area (Å²) < 4.78 is 5.46. The quantitative estimate of drug-likeness (QED) is 0.824. The molecule has 0 N–H and O–H groups in total. The highest BCUT2D eigenvalue weighted by Gasteiger charge is 2.25. The van der Waals surface area contributed by atoms with Crippen LogP contribution in [0.25, 0.3) is 0 Å². The zero-order valence-electron chi connectivity index (χ0n) is 15.7. The van der Waals surface area contributed by atoms with Crippen molar-refractivity contribution in [3.8, 4) is 5.75 Å². The highest BCUT2D eigenvalue weighted by molar-refractivity contribution is 5.93. The molecular weight excluding hydrogens is 342 g/mol. The Morgan fingerprint density at radius 1 is 0.963 bits per heavy atom. The number of hydrogen-bond acceptors (Lipinski definition) is 6. The van der Waals surface area contributed by atoms with Crippen molar-refractivity contribution in [2.45, 2.75) is 12.8 Å². The van der Waals surface area contributed by atoms with Gasteiger partial charge in [0.15, 0.2) is 0 Å². The first kappa shape index (κ1) is 17.6. The number of aromatic nitrogens is 2. The molecule has 7 heteroatoms. The lowest BCUT2D eigenvalue weighted by Crippen LogP contribution is -2.49. The van der Waals surface area contributed by atoms with Gasteiger partial charge in [0.05, 0.1) is 12.8 Å². The number of hydrogen-bond donors (Lipinski definition) is 0. The third-order valence-corrected chi connectivity index (χ3v) is 5.29. The largest absolute Gasteiger partial charge is 0.495 e. The summed E-state index contributed by atoms with van der Waals surface area (Å²) in [6, 6.07) is 9.84. The average Bonchev–Trinajstić information content (AvgIpc) is 3.28. The molecule has 0 atom stereocenters. The van der Waals surface area contributed by atoms with Crippen molar-refractivity contribution in [1.82, 2.24) is 14.9 Å². The summed E-state index contributed by atoms with van der Waals surface area (Å²) in [7, 11) is 1.69. The molecule has 1 aromatic carbocycles. The van der Waals surface area contributed by atoms with Gasteiger partial charge < -0.3 is 19.4 Å². The first-order valence-corrected chi connectivity index (χ1v) is 9.50. The van der Waals surface area contributed by atoms with E-state index in [1.165, 1.54) is 19.2 Å². The Morgan fingerprint density at radius 2 is 1.70 bits per heavy atom. The molecule has 0 spiro atoms. The van der Waals surface area contributed by atoms with Crippen LogP contribution in [0.4, 0.5) is 11.5 Å². The minimum atomic E-state index is -0.0162. The number of carbonyl (C=O) groups is 1. The molecule has 0 saturated carbocycles. The van der Waals surface area contributed by atoms with Crippen LogP contribution in [-0.2, 0) is 0 Å². The van der Waals surface area contributed by atoms with Gasteiger partial charge in [-0.2, -0.15) is 0 Å². The molecule has 27 heavy (non-hydrogen) atoms. The molecule has 0 unspecified atom stereocenters. The van der Waals surface area contributed by atoms with Crippen LogP contribution in [0, 0.1) is 0 Å². The van der Waals surface area contributed by atoms with Crippen molar-refractivity contribution in [2.24, 2.45) is 0 Å². The number of amides is 1. The van der Waals surface area contributed by atoms with Crippen molar-refractivity contribution in [3.05, 3.63) is 42.4 Å². The Bertz CT molecular complexity index is 798. The normalized spacial score (nSPS) is 17.3. The number of para-hydroxylation sites is 2. The van der Waals surface area contributed by atoms with Gasteiger partial charge in [-0.25, -0.2) is 9.97 Å². The van der Waals surface area contributed by atoms with Crippen LogP contribution in [-0.4, -0.2) is 67.2 Å². The van der Waals surface area contributed by atoms with Crippen molar-refractivity contribution in [3.63, 3.8) is 0 Å². The smallest absolute Gasteiger partial charge is 0.272 e. The van der Waals surface area contributed by atoms with E-state index in [-0.39, 0.29) is 5.91 Å². The molecule has 3 heterocycles. The van der Waals surface area contributed by atoms with Crippen LogP contribution in [0.3, 0.4) is 0 Å². The van der Waals surface area contributed by atoms with Gasteiger partial charge >= 0.3 is 0 Å². The van der Waals surface area contributed by atoms with Crippen LogP contribution in [0.1, 0.15) is 23.3 Å². The topological polar surface area (TPSA) is 61.8 Å². The predicted octanol–water partition coefficient (Wildman–Crippen LogP) is 2.05. The second-order valence-electron chi connectivity index (χ2n) is 6.91. The number of nitrogens with zero attached hydrogens (tertiary/aromatic N) is 5. The average molecular weight is 367 g/mol. The standard InChI is InChI=1S/C20H25N5O2/c1-27-18-7-3-2-6-17(18)23-10-12-25(13-11-23)20(26)16-14-19(22-15-21-16)24-8-4-5-9-24/h2-3,6-7,14-15H,4-5,8-13H2,1H3. The van der Waals surface area contributed by atoms with E-state index in [0.29, 0.717) is 18.8 Å². The van der Waals surface area contributed by atoms with Gasteiger partial charge in [-0.3, -0.25) is 4.79 Å². The monoisotopic (exact) mass is 367 g/mol. The predicted molar refractivity (Wildman–Crippen MR) is 105 cm³/mol. The van der Waals surface area contributed by atoms with Crippen LogP contribution in [0.15, 0.2) is 36.7 Å². The summed E-state index contributed by atoms with van der Waals surface area (Å²) in [5.74, 6) is 1.71. The molecule has 0 bridgehead atoms. The number of benzene rings is 1. The molecule has 2 aromatic rings. The number of methoxy groups -OCH3 is 1. The fourth-order valence-electron chi connectivity index (χ4n) is 3.79. The Hall–Kier alpha value is -2.83. The SMILES string of the molecule is COc1ccccc1N1CCN(C(=O)c2cc(N3CCCC3)ncn2)CC1. The number of rotatable bonds is 4. The van der Waals surface area contributed by atoms with Gasteiger partial charge in [-0.05, 0) is 25.0 Å². The fraction of sp³-hybridized carbons (Fsp3) is 0.450. The number of ether oxygens (including phenoxy) is 1. The first-order chi connectivity index (χ1) is 13.3. The minimum absolute atomic E-state index is 0.0162. The highest BCUT2D eigenvalue weighted by atomic mass is 16.5. The number of piperazine rings is 1. The first-order valence-electron chi connectivity index (χ1n) is 9.50. The Kier molecular flexibility index (Phi) is 5.09. The molecule has 4 rings (SSSR count). The van der Waals surface area contributed by atoms with Gasteiger partial charge in [-0.15, -0.1) is 0 Å². The highest BCUT2D eigenvalue weighted by Crippen LogP contribution is 2.28. The van der Waals surface area contributed by atoms with Crippen molar-refractivity contribution in [2.75, 3.05) is 56.2 Å². The van der Waals surface area contributed by atoms with Gasteiger partial charge in [0.2, 0.25) is 0 Å². The second-order valence-corrected chi connectivity index (χ2v) is 6.91. The lowest BCUT2D eigenvalue weighted by atomic mass is 10.2. The maximum absolute atomic E-state index is 12.9. The van der Waals surface area contributed by atoms with E-state index in [9.17, 15) is 4.79 Å². The van der Waals surface area contributed by atoms with E-state index in [1.54, 1.807) is 7.11 Å². The van der Waals surface area contributed by atoms with Crippen LogP contribution in [0.5, 0.6) is 5.75 Å². The van der Waals surface area contributed by atoms with Crippen molar-refractivity contribution < 1.29 is 9.53 Å². The van der Waals surface area contributed by atoms with Crippen LogP contribution < -0.4 is 14.5 Å². The third kappa shape index (κ3) is 3.67. The number of carbonyl (C=O) groups excluding carboxylic acids is 1. The lowest BCUT2D eigenvalue weighted by Gasteiger charge is -2.36. The van der Waals surface area contributed by atoms with E-state index < -0.39 is 0 Å². The van der Waals surface area contributed by atoms with Crippen LogP contribution in [0.2, 0.25) is 0 Å². The molecular formula is C20H25N5O2. The zero-order chi connectivity index (χ0) is 18.6. The molecule has 1 aromatic heterocycles. The van der Waals surface area contributed by atoms with Crippen molar-refractivity contribution in [1.29, 1.82) is 0 Å². The van der Waals surface area contributed by atoms with Gasteiger partial charge in [0.1, 0.15) is 23.6 Å². The molecule has 2 aliphatic heterocycles. The summed E-state index contributed by atoms with van der Waals surface area (Å²) in [4.78, 5) is 27.8. The summed E-state index contributed by atoms with van der Waals surface area (Å²) in [5, 5.41) is 0. The molecule has 142 valence electrons. The van der Waals surface area contributed by atoms with E-state index in [2.05, 4.69) is 25.8 Å². The summed E-state index contributed by atoms with van der Waals surface area (Å²) in [6.07, 6.45) is 3.86. The molecule has 1 amide bonds. The summed E-state index contributed by atoms with van der Waals surface area (Å²) >= 11 is 0. The second kappa shape index (κ2) is 7.82. The fourth-order valence-corrected chi connectivity index (χ4v) is 3.79. The van der Waals surface area contributed by atoms with E-state index in [0.717, 1.165) is 43.4 Å². The molecule has 0 aliphatic carbocycles. The molecule has 2 saturated heterocycles. The molecule has 0 radical (unpaired) electrons. The Morgan fingerprint density at radius 3 is 2.44 bits per heavy atom. The Balaban J connectivity index is 1.42. The van der Waals surface area contributed by atoms with Gasteiger partial charge in [0, 0.05) is 45.3 Å². The summed E-state index contributed by atoms with van der Waals surface area (Å²) in [6.45, 7) is 4.89. The van der Waals surface area contributed by atoms with E-state index in [4.69, 9.17) is 4.74 Å². The maximum Gasteiger partial charge on any atom is 0.272 e. The van der Waals surface area contributed by atoms with Gasteiger partial charge in [-0.1, -0.05) is 12.1 Å². The Labute approximate surface area is 159 Å². The summed E-state index contributed by atoms with van der Waals surface area (Å²) in [5.41, 5.74) is 1.56. The van der Waals surface area contributed by atoms with E-state index in [1.807, 2.05) is 29.2 Å². The zero-order valence-corrected chi connectivity index (χ0v) is 15.7. The molecule has 2 fully saturated rings. The van der Waals surface area contributed by atoms with Gasteiger partial charge in [0.25, 0.3) is 5.91 Å². The molecule has 2 aliphatic rings. The lowest BCUT2D eigenvalue weighted by molar-refractivity contribution is 0.0740. The van der Waals surface area contributed by atoms with Crippen LogP contribution >= 0.6 is 0 Å². The number of anilines is 2. The molecule has 7 nitrogen and oxygen atoms in total. The maximum atomic E-state index is 12.9. The van der Waals surface area contributed by atoms with E-state index >= 15 is 0 Å².